The highest BCUT2D eigenvalue weighted by atomic mass is 16.5. The van der Waals surface area contributed by atoms with E-state index in [2.05, 4.69) is 62.4 Å². The molecule has 1 fully saturated rings. The molecule has 8 heteroatoms. The molecule has 1 saturated heterocycles. The van der Waals surface area contributed by atoms with Gasteiger partial charge in [0, 0.05) is 45.5 Å². The van der Waals surface area contributed by atoms with E-state index < -0.39 is 0 Å². The van der Waals surface area contributed by atoms with Crippen LogP contribution in [0.15, 0.2) is 35.3 Å². The highest BCUT2D eigenvalue weighted by Gasteiger charge is 2.23. The number of aliphatic imine (C=N–C) groups is 1. The normalized spacial score (nSPS) is 17.1. The average molecular weight is 443 g/mol. The first-order valence-electron chi connectivity index (χ1n) is 11.4. The average Bonchev–Trinajstić information content (AvgIpc) is 3.13. The largest absolute Gasteiger partial charge is 0.497 e. The number of aryl methyl sites for hydroxylation is 2. The van der Waals surface area contributed by atoms with E-state index in [0.29, 0.717) is 5.92 Å². The molecule has 2 unspecified atom stereocenters. The molecule has 0 aliphatic carbocycles. The lowest BCUT2D eigenvalue weighted by molar-refractivity contribution is 0.0170. The molecule has 0 radical (unpaired) electrons. The number of hydrogen-bond acceptors (Lipinski definition) is 5. The van der Waals surface area contributed by atoms with Gasteiger partial charge in [-0.25, -0.2) is 0 Å². The van der Waals surface area contributed by atoms with E-state index in [1.54, 1.807) is 7.11 Å². The van der Waals surface area contributed by atoms with Crippen LogP contribution in [0.2, 0.25) is 0 Å². The lowest BCUT2D eigenvalue weighted by atomic mass is 10.0. The summed E-state index contributed by atoms with van der Waals surface area (Å²) in [6.45, 7) is 12.2. The zero-order chi connectivity index (χ0) is 22.9. The molecule has 2 N–H and O–H groups in total. The van der Waals surface area contributed by atoms with Gasteiger partial charge in [-0.1, -0.05) is 19.1 Å². The Kier molecular flexibility index (Phi) is 8.93. The third kappa shape index (κ3) is 6.71. The topological polar surface area (TPSA) is 75.9 Å². The maximum Gasteiger partial charge on any atom is 0.191 e. The molecule has 1 aliphatic rings. The first-order valence-corrected chi connectivity index (χ1v) is 11.4. The SMILES string of the molecule is CN=C(NCC(C)Cn1nc(C)cc1C)NCC(c1ccc(OC)cc1)N1CCOCC1. The highest BCUT2D eigenvalue weighted by Crippen LogP contribution is 2.23. The van der Waals surface area contributed by atoms with Gasteiger partial charge < -0.3 is 20.1 Å². The van der Waals surface area contributed by atoms with Gasteiger partial charge in [0.2, 0.25) is 0 Å². The highest BCUT2D eigenvalue weighted by molar-refractivity contribution is 5.79. The number of benzene rings is 1. The molecular formula is C24H38N6O2. The number of morpholine rings is 1. The molecule has 176 valence electrons. The second-order valence-electron chi connectivity index (χ2n) is 8.49. The summed E-state index contributed by atoms with van der Waals surface area (Å²) in [5, 5.41) is 11.6. The van der Waals surface area contributed by atoms with E-state index in [1.807, 2.05) is 26.1 Å². The van der Waals surface area contributed by atoms with Crippen molar-refractivity contribution in [3.8, 4) is 5.75 Å². The van der Waals surface area contributed by atoms with Gasteiger partial charge >= 0.3 is 0 Å². The first kappa shape index (κ1) is 24.1. The fourth-order valence-corrected chi connectivity index (χ4v) is 4.08. The Labute approximate surface area is 192 Å². The number of guanidine groups is 1. The van der Waals surface area contributed by atoms with Crippen LogP contribution in [0.4, 0.5) is 0 Å². The Bertz CT molecular complexity index is 858. The zero-order valence-electron chi connectivity index (χ0n) is 20.1. The Hall–Kier alpha value is -2.58. The number of nitrogens with zero attached hydrogens (tertiary/aromatic N) is 4. The van der Waals surface area contributed by atoms with Crippen molar-refractivity contribution in [3.05, 3.63) is 47.3 Å². The van der Waals surface area contributed by atoms with Gasteiger partial charge in [-0.3, -0.25) is 14.6 Å². The Morgan fingerprint density at radius 3 is 2.44 bits per heavy atom. The van der Waals surface area contributed by atoms with Crippen LogP contribution >= 0.6 is 0 Å². The number of nitrogens with one attached hydrogen (secondary N) is 2. The summed E-state index contributed by atoms with van der Waals surface area (Å²) in [6, 6.07) is 10.7. The van der Waals surface area contributed by atoms with Gasteiger partial charge in [-0.2, -0.15) is 5.10 Å². The molecule has 0 bridgehead atoms. The Morgan fingerprint density at radius 1 is 1.16 bits per heavy atom. The summed E-state index contributed by atoms with van der Waals surface area (Å²) >= 11 is 0. The maximum atomic E-state index is 5.57. The molecule has 0 spiro atoms. The van der Waals surface area contributed by atoms with Crippen molar-refractivity contribution in [2.45, 2.75) is 33.4 Å². The molecule has 1 aliphatic heterocycles. The zero-order valence-corrected chi connectivity index (χ0v) is 20.1. The number of aromatic nitrogens is 2. The van der Waals surface area contributed by atoms with E-state index in [1.165, 1.54) is 11.3 Å². The molecule has 1 aromatic heterocycles. The van der Waals surface area contributed by atoms with Crippen LogP contribution < -0.4 is 15.4 Å². The standard InChI is InChI=1S/C24H38N6O2/c1-18(17-30-20(3)14-19(2)28-30)15-26-24(25-4)27-16-23(29-10-12-32-13-11-29)21-6-8-22(31-5)9-7-21/h6-9,14,18,23H,10-13,15-17H2,1-5H3,(H2,25,26,27). The number of methoxy groups -OCH3 is 1. The van der Waals surface area contributed by atoms with Crippen LogP contribution in [0.3, 0.4) is 0 Å². The van der Waals surface area contributed by atoms with Crippen LogP contribution in [0.1, 0.15) is 29.9 Å². The predicted molar refractivity (Wildman–Crippen MR) is 128 cm³/mol. The Morgan fingerprint density at radius 2 is 1.84 bits per heavy atom. The first-order chi connectivity index (χ1) is 15.5. The molecular weight excluding hydrogens is 404 g/mol. The number of rotatable bonds is 9. The lowest BCUT2D eigenvalue weighted by Gasteiger charge is -2.35. The van der Waals surface area contributed by atoms with Crippen LogP contribution in [0.25, 0.3) is 0 Å². The lowest BCUT2D eigenvalue weighted by Crippen LogP contribution is -2.47. The molecule has 2 heterocycles. The smallest absolute Gasteiger partial charge is 0.191 e. The molecule has 0 amide bonds. The van der Waals surface area contributed by atoms with Gasteiger partial charge in [-0.15, -0.1) is 0 Å². The van der Waals surface area contributed by atoms with Gasteiger partial charge in [0.05, 0.1) is 32.1 Å². The van der Waals surface area contributed by atoms with Crippen LogP contribution in [0.5, 0.6) is 5.75 Å². The molecule has 3 rings (SSSR count). The van der Waals surface area contributed by atoms with Gasteiger partial charge in [-0.05, 0) is 43.5 Å². The van der Waals surface area contributed by atoms with E-state index in [0.717, 1.165) is 63.3 Å². The summed E-state index contributed by atoms with van der Waals surface area (Å²) < 4.78 is 13.0. The number of hydrogen-bond donors (Lipinski definition) is 2. The molecule has 2 atom stereocenters. The van der Waals surface area contributed by atoms with Crippen molar-refractivity contribution in [3.63, 3.8) is 0 Å². The number of ether oxygens (including phenoxy) is 2. The van der Waals surface area contributed by atoms with E-state index in [4.69, 9.17) is 9.47 Å². The molecule has 0 saturated carbocycles. The second kappa shape index (κ2) is 11.9. The molecule has 2 aromatic rings. The quantitative estimate of drug-likeness (QED) is 0.459. The fraction of sp³-hybridized carbons (Fsp3) is 0.583. The van der Waals surface area contributed by atoms with Crippen molar-refractivity contribution in [1.82, 2.24) is 25.3 Å². The molecule has 32 heavy (non-hydrogen) atoms. The molecule has 8 nitrogen and oxygen atoms in total. The summed E-state index contributed by atoms with van der Waals surface area (Å²) in [5.41, 5.74) is 3.52. The molecule has 1 aromatic carbocycles. The van der Waals surface area contributed by atoms with E-state index in [-0.39, 0.29) is 6.04 Å². The van der Waals surface area contributed by atoms with Crippen molar-refractivity contribution in [2.75, 3.05) is 53.6 Å². The van der Waals surface area contributed by atoms with Crippen molar-refractivity contribution < 1.29 is 9.47 Å². The van der Waals surface area contributed by atoms with Gasteiger partial charge in [0.1, 0.15) is 5.75 Å². The predicted octanol–water partition coefficient (Wildman–Crippen LogP) is 2.38. The summed E-state index contributed by atoms with van der Waals surface area (Å²) in [7, 11) is 3.51. The van der Waals surface area contributed by atoms with E-state index in [9.17, 15) is 0 Å². The minimum atomic E-state index is 0.232. The van der Waals surface area contributed by atoms with Crippen molar-refractivity contribution in [1.29, 1.82) is 0 Å². The van der Waals surface area contributed by atoms with Gasteiger partial charge in [0.15, 0.2) is 5.96 Å². The summed E-state index contributed by atoms with van der Waals surface area (Å²) in [5.74, 6) is 2.11. The van der Waals surface area contributed by atoms with Crippen LogP contribution in [-0.2, 0) is 11.3 Å². The fourth-order valence-electron chi connectivity index (χ4n) is 4.08. The van der Waals surface area contributed by atoms with Crippen molar-refractivity contribution in [2.24, 2.45) is 10.9 Å². The van der Waals surface area contributed by atoms with E-state index >= 15 is 0 Å². The van der Waals surface area contributed by atoms with Gasteiger partial charge in [0.25, 0.3) is 0 Å². The Balaban J connectivity index is 1.57. The monoisotopic (exact) mass is 442 g/mol. The minimum Gasteiger partial charge on any atom is -0.497 e. The summed E-state index contributed by atoms with van der Waals surface area (Å²) in [4.78, 5) is 6.90. The second-order valence-corrected chi connectivity index (χ2v) is 8.49. The maximum absolute atomic E-state index is 5.57. The summed E-state index contributed by atoms with van der Waals surface area (Å²) in [6.07, 6.45) is 0. The third-order valence-electron chi connectivity index (χ3n) is 5.88. The van der Waals surface area contributed by atoms with Crippen LogP contribution in [-0.4, -0.2) is 74.2 Å². The van der Waals surface area contributed by atoms with Crippen molar-refractivity contribution >= 4 is 5.96 Å². The van der Waals surface area contributed by atoms with Crippen LogP contribution in [0, 0.1) is 19.8 Å². The minimum absolute atomic E-state index is 0.232. The third-order valence-corrected chi connectivity index (χ3v) is 5.88.